The summed E-state index contributed by atoms with van der Waals surface area (Å²) < 4.78 is 0. The molecule has 0 fully saturated rings. The van der Waals surface area contributed by atoms with E-state index in [0.717, 1.165) is 11.5 Å². The van der Waals surface area contributed by atoms with Crippen molar-refractivity contribution in [2.75, 3.05) is 6.54 Å². The van der Waals surface area contributed by atoms with Gasteiger partial charge in [0.15, 0.2) is 0 Å². The highest BCUT2D eigenvalue weighted by Gasteiger charge is 1.99. The van der Waals surface area contributed by atoms with E-state index in [0.29, 0.717) is 6.54 Å². The van der Waals surface area contributed by atoms with E-state index in [9.17, 15) is 4.79 Å². The molecule has 0 aliphatic carbocycles. The van der Waals surface area contributed by atoms with E-state index in [2.05, 4.69) is 15.3 Å². The second-order valence-corrected chi connectivity index (χ2v) is 2.49. The summed E-state index contributed by atoms with van der Waals surface area (Å²) in [6, 6.07) is 0. The molecule has 1 aromatic rings. The molecule has 0 unspecified atom stereocenters. The quantitative estimate of drug-likeness (QED) is 0.557. The van der Waals surface area contributed by atoms with Crippen molar-refractivity contribution in [3.8, 4) is 0 Å². The van der Waals surface area contributed by atoms with Gasteiger partial charge in [0.25, 0.3) is 0 Å². The van der Waals surface area contributed by atoms with Crippen molar-refractivity contribution in [1.82, 2.24) is 15.3 Å². The molecule has 4 N–H and O–H groups in total. The van der Waals surface area contributed by atoms with Crippen molar-refractivity contribution in [1.29, 1.82) is 0 Å². The zero-order valence-corrected chi connectivity index (χ0v) is 6.92. The van der Waals surface area contributed by atoms with Gasteiger partial charge in [0, 0.05) is 11.9 Å². The molecule has 5 heteroatoms. The first-order valence-corrected chi connectivity index (χ1v) is 3.69. The fourth-order valence-corrected chi connectivity index (χ4v) is 0.811. The lowest BCUT2D eigenvalue weighted by Crippen LogP contribution is -2.30. The number of carbonyl (C=O) groups excluding carboxylic acids is 1. The molecule has 0 spiro atoms. The molecule has 5 nitrogen and oxygen atoms in total. The van der Waals surface area contributed by atoms with Gasteiger partial charge in [-0.15, -0.1) is 0 Å². The van der Waals surface area contributed by atoms with E-state index in [1.165, 1.54) is 0 Å². The Labute approximate surface area is 70.4 Å². The first-order chi connectivity index (χ1) is 5.72. The van der Waals surface area contributed by atoms with Crippen LogP contribution >= 0.6 is 0 Å². The molecule has 66 valence electrons. The predicted octanol–water partition coefficient (Wildman–Crippen LogP) is -0.707. The summed E-state index contributed by atoms with van der Waals surface area (Å²) in [5, 5.41) is 2.60. The highest BCUT2D eigenvalue weighted by molar-refractivity contribution is 5.77. The molecule has 1 aromatic heterocycles. The van der Waals surface area contributed by atoms with Crippen molar-refractivity contribution in [3.05, 3.63) is 17.7 Å². The van der Waals surface area contributed by atoms with E-state index in [4.69, 9.17) is 5.73 Å². The van der Waals surface area contributed by atoms with Crippen LogP contribution in [-0.2, 0) is 11.3 Å². The smallest absolute Gasteiger partial charge is 0.234 e. The number of nitrogens with zero attached hydrogens (tertiary/aromatic N) is 1. The summed E-state index contributed by atoms with van der Waals surface area (Å²) in [6.45, 7) is 2.32. The van der Waals surface area contributed by atoms with Gasteiger partial charge in [0.05, 0.1) is 13.1 Å². The first kappa shape index (κ1) is 8.73. The standard InChI is InChI=1S/C7H12N4O/c1-5-3-9-6(11-5)4-10-7(12)2-8/h3H,2,4,8H2,1H3,(H,9,11)(H,10,12). The molecular weight excluding hydrogens is 156 g/mol. The molecule has 1 heterocycles. The van der Waals surface area contributed by atoms with E-state index in [1.54, 1.807) is 6.20 Å². The normalized spacial score (nSPS) is 9.83. The van der Waals surface area contributed by atoms with Gasteiger partial charge < -0.3 is 16.0 Å². The lowest BCUT2D eigenvalue weighted by molar-refractivity contribution is -0.119. The van der Waals surface area contributed by atoms with Gasteiger partial charge in [-0.05, 0) is 6.92 Å². The average Bonchev–Trinajstić information content (AvgIpc) is 2.47. The number of aryl methyl sites for hydroxylation is 1. The Morgan fingerprint density at radius 3 is 3.08 bits per heavy atom. The molecule has 0 saturated heterocycles. The number of rotatable bonds is 3. The maximum atomic E-state index is 10.7. The minimum atomic E-state index is -0.177. The maximum absolute atomic E-state index is 10.7. The Hall–Kier alpha value is -1.36. The molecule has 0 bridgehead atoms. The SMILES string of the molecule is Cc1cnc(CNC(=O)CN)[nH]1. The Morgan fingerprint density at radius 2 is 2.58 bits per heavy atom. The number of amides is 1. The van der Waals surface area contributed by atoms with E-state index < -0.39 is 0 Å². The Kier molecular flexibility index (Phi) is 2.82. The molecule has 0 aliphatic heterocycles. The number of hydrogen-bond donors (Lipinski definition) is 3. The molecule has 1 rings (SSSR count). The van der Waals surface area contributed by atoms with Gasteiger partial charge in [0.2, 0.25) is 5.91 Å². The van der Waals surface area contributed by atoms with Crippen molar-refractivity contribution in [2.45, 2.75) is 13.5 Å². The lowest BCUT2D eigenvalue weighted by atomic mass is 10.5. The molecule has 0 atom stereocenters. The molecule has 0 saturated carbocycles. The predicted molar refractivity (Wildman–Crippen MR) is 44.2 cm³/mol. The van der Waals surface area contributed by atoms with Crippen LogP contribution in [0, 0.1) is 6.92 Å². The Morgan fingerprint density at radius 1 is 1.83 bits per heavy atom. The third-order valence-electron chi connectivity index (χ3n) is 1.39. The maximum Gasteiger partial charge on any atom is 0.234 e. The Bertz CT molecular complexity index is 268. The summed E-state index contributed by atoms with van der Waals surface area (Å²) in [5.41, 5.74) is 6.08. The number of nitrogens with one attached hydrogen (secondary N) is 2. The van der Waals surface area contributed by atoms with Crippen molar-refractivity contribution in [2.24, 2.45) is 5.73 Å². The van der Waals surface area contributed by atoms with Crippen LogP contribution in [-0.4, -0.2) is 22.4 Å². The van der Waals surface area contributed by atoms with Crippen LogP contribution < -0.4 is 11.1 Å². The third kappa shape index (κ3) is 2.35. The molecular formula is C7H12N4O. The summed E-state index contributed by atoms with van der Waals surface area (Å²) in [4.78, 5) is 17.7. The van der Waals surface area contributed by atoms with Crippen LogP contribution in [0.2, 0.25) is 0 Å². The van der Waals surface area contributed by atoms with Crippen LogP contribution in [0.25, 0.3) is 0 Å². The van der Waals surface area contributed by atoms with Crippen LogP contribution in [0.5, 0.6) is 0 Å². The van der Waals surface area contributed by atoms with Crippen LogP contribution in [0.4, 0.5) is 0 Å². The fourth-order valence-electron chi connectivity index (χ4n) is 0.811. The summed E-state index contributed by atoms with van der Waals surface area (Å²) >= 11 is 0. The fraction of sp³-hybridized carbons (Fsp3) is 0.429. The number of H-pyrrole nitrogens is 1. The third-order valence-corrected chi connectivity index (χ3v) is 1.39. The van der Waals surface area contributed by atoms with Gasteiger partial charge in [-0.25, -0.2) is 4.98 Å². The molecule has 0 aromatic carbocycles. The zero-order valence-electron chi connectivity index (χ0n) is 6.92. The highest BCUT2D eigenvalue weighted by Crippen LogP contribution is 1.93. The first-order valence-electron chi connectivity index (χ1n) is 3.69. The number of nitrogens with two attached hydrogens (primary N) is 1. The minimum Gasteiger partial charge on any atom is -0.348 e. The van der Waals surface area contributed by atoms with Gasteiger partial charge in [0.1, 0.15) is 5.82 Å². The minimum absolute atomic E-state index is 0.0136. The zero-order chi connectivity index (χ0) is 8.97. The van der Waals surface area contributed by atoms with Gasteiger partial charge in [-0.3, -0.25) is 4.79 Å². The van der Waals surface area contributed by atoms with Crippen LogP contribution in [0.3, 0.4) is 0 Å². The monoisotopic (exact) mass is 168 g/mol. The van der Waals surface area contributed by atoms with Crippen molar-refractivity contribution in [3.63, 3.8) is 0 Å². The number of aromatic amines is 1. The lowest BCUT2D eigenvalue weighted by Gasteiger charge is -1.98. The summed E-state index contributed by atoms with van der Waals surface area (Å²) in [5.74, 6) is 0.568. The molecule has 0 aliphatic rings. The second-order valence-electron chi connectivity index (χ2n) is 2.49. The topological polar surface area (TPSA) is 83.8 Å². The molecule has 1 amide bonds. The van der Waals surface area contributed by atoms with Gasteiger partial charge in [-0.2, -0.15) is 0 Å². The number of aromatic nitrogens is 2. The van der Waals surface area contributed by atoms with Crippen molar-refractivity contribution < 1.29 is 4.79 Å². The number of imidazole rings is 1. The van der Waals surface area contributed by atoms with Crippen LogP contribution in [0.15, 0.2) is 6.20 Å². The molecule has 12 heavy (non-hydrogen) atoms. The summed E-state index contributed by atoms with van der Waals surface area (Å²) in [6.07, 6.45) is 1.71. The van der Waals surface area contributed by atoms with Gasteiger partial charge >= 0.3 is 0 Å². The largest absolute Gasteiger partial charge is 0.348 e. The highest BCUT2D eigenvalue weighted by atomic mass is 16.1. The van der Waals surface area contributed by atoms with Gasteiger partial charge in [-0.1, -0.05) is 0 Å². The van der Waals surface area contributed by atoms with E-state index >= 15 is 0 Å². The Balaban J connectivity index is 2.38. The van der Waals surface area contributed by atoms with E-state index in [1.807, 2.05) is 6.92 Å². The number of carbonyl (C=O) groups is 1. The number of hydrogen-bond acceptors (Lipinski definition) is 3. The summed E-state index contributed by atoms with van der Waals surface area (Å²) in [7, 11) is 0. The second kappa shape index (κ2) is 3.87. The van der Waals surface area contributed by atoms with Crippen molar-refractivity contribution >= 4 is 5.91 Å². The molecule has 0 radical (unpaired) electrons. The van der Waals surface area contributed by atoms with E-state index in [-0.39, 0.29) is 12.5 Å². The average molecular weight is 168 g/mol. The van der Waals surface area contributed by atoms with Crippen LogP contribution in [0.1, 0.15) is 11.5 Å².